The zero-order valence-corrected chi connectivity index (χ0v) is 10.8. The molecule has 98 valence electrons. The minimum atomic E-state index is -0.465. The van der Waals surface area contributed by atoms with E-state index in [1.54, 1.807) is 13.0 Å². The number of carbonyl (C=O) groups is 1. The molecule has 1 aromatic carbocycles. The van der Waals surface area contributed by atoms with Crippen LogP contribution >= 0.6 is 11.6 Å². The number of nitrogen functional groups attached to an aromatic ring is 1. The standard InChI is InChI=1S/C13H11ClFN3O/c1-7-2-3-8(15)4-11(7)18-13(19)9-5-12(16)17-6-10(9)14/h2-6H,1H3,(H2,16,17)(H,18,19). The Balaban J connectivity index is 2.30. The molecule has 6 heteroatoms. The number of hydrogen-bond acceptors (Lipinski definition) is 3. The van der Waals surface area contributed by atoms with Crippen molar-refractivity contribution in [1.29, 1.82) is 0 Å². The van der Waals surface area contributed by atoms with Gasteiger partial charge < -0.3 is 11.1 Å². The summed E-state index contributed by atoms with van der Waals surface area (Å²) in [6.07, 6.45) is 1.30. The molecule has 19 heavy (non-hydrogen) atoms. The van der Waals surface area contributed by atoms with Gasteiger partial charge in [0.15, 0.2) is 0 Å². The summed E-state index contributed by atoms with van der Waals surface area (Å²) in [6.45, 7) is 1.76. The summed E-state index contributed by atoms with van der Waals surface area (Å²) in [7, 11) is 0. The molecule has 0 saturated heterocycles. The molecule has 0 spiro atoms. The Kier molecular flexibility index (Phi) is 3.66. The van der Waals surface area contributed by atoms with Crippen molar-refractivity contribution in [2.75, 3.05) is 11.1 Å². The van der Waals surface area contributed by atoms with Gasteiger partial charge >= 0.3 is 0 Å². The van der Waals surface area contributed by atoms with Crippen LogP contribution in [0.15, 0.2) is 30.5 Å². The van der Waals surface area contributed by atoms with E-state index in [9.17, 15) is 9.18 Å². The fourth-order valence-corrected chi connectivity index (χ4v) is 1.74. The molecule has 3 N–H and O–H groups in total. The lowest BCUT2D eigenvalue weighted by Gasteiger charge is -2.09. The van der Waals surface area contributed by atoms with Crippen LogP contribution in [0, 0.1) is 12.7 Å². The molecule has 4 nitrogen and oxygen atoms in total. The van der Waals surface area contributed by atoms with Crippen molar-refractivity contribution < 1.29 is 9.18 Å². The van der Waals surface area contributed by atoms with Crippen molar-refractivity contribution in [3.8, 4) is 0 Å². The maximum atomic E-state index is 13.1. The Labute approximate surface area is 114 Å². The van der Waals surface area contributed by atoms with Crippen molar-refractivity contribution in [3.05, 3.63) is 52.4 Å². The zero-order chi connectivity index (χ0) is 14.0. The second-order valence-electron chi connectivity index (χ2n) is 4.00. The minimum Gasteiger partial charge on any atom is -0.384 e. The average molecular weight is 280 g/mol. The summed E-state index contributed by atoms with van der Waals surface area (Å²) in [5.41, 5.74) is 6.82. The van der Waals surface area contributed by atoms with Crippen LogP contribution in [0.1, 0.15) is 15.9 Å². The third-order valence-electron chi connectivity index (χ3n) is 2.57. The van der Waals surface area contributed by atoms with Crippen molar-refractivity contribution >= 4 is 29.0 Å². The van der Waals surface area contributed by atoms with Crippen LogP contribution in [0.4, 0.5) is 15.9 Å². The molecule has 0 aliphatic heterocycles. The molecule has 0 aliphatic rings. The van der Waals surface area contributed by atoms with Crippen molar-refractivity contribution in [2.24, 2.45) is 0 Å². The first-order chi connectivity index (χ1) is 8.97. The molecule has 2 rings (SSSR count). The van der Waals surface area contributed by atoms with Gasteiger partial charge in [0, 0.05) is 11.9 Å². The van der Waals surface area contributed by atoms with Crippen LogP contribution in [0.25, 0.3) is 0 Å². The maximum absolute atomic E-state index is 13.1. The second-order valence-corrected chi connectivity index (χ2v) is 4.41. The number of aromatic nitrogens is 1. The Morgan fingerprint density at radius 2 is 2.16 bits per heavy atom. The molecule has 0 aliphatic carbocycles. The number of nitrogens with zero attached hydrogens (tertiary/aromatic N) is 1. The summed E-state index contributed by atoms with van der Waals surface area (Å²) < 4.78 is 13.1. The van der Waals surface area contributed by atoms with Crippen molar-refractivity contribution in [3.63, 3.8) is 0 Å². The van der Waals surface area contributed by atoms with E-state index >= 15 is 0 Å². The Hall–Kier alpha value is -2.14. The largest absolute Gasteiger partial charge is 0.384 e. The van der Waals surface area contributed by atoms with E-state index in [1.165, 1.54) is 24.4 Å². The monoisotopic (exact) mass is 279 g/mol. The van der Waals surface area contributed by atoms with E-state index in [4.69, 9.17) is 17.3 Å². The molecule has 0 atom stereocenters. The molecule has 2 aromatic rings. The summed E-state index contributed by atoms with van der Waals surface area (Å²) in [5.74, 6) is -0.709. The number of pyridine rings is 1. The highest BCUT2D eigenvalue weighted by molar-refractivity contribution is 6.34. The van der Waals surface area contributed by atoms with Gasteiger partial charge in [0.05, 0.1) is 10.6 Å². The van der Waals surface area contributed by atoms with E-state index in [-0.39, 0.29) is 16.4 Å². The van der Waals surface area contributed by atoms with Crippen molar-refractivity contribution in [1.82, 2.24) is 4.98 Å². The first-order valence-electron chi connectivity index (χ1n) is 5.46. The number of aryl methyl sites for hydroxylation is 1. The molecule has 0 radical (unpaired) electrons. The lowest BCUT2D eigenvalue weighted by molar-refractivity contribution is 0.102. The molecule has 1 aromatic heterocycles. The van der Waals surface area contributed by atoms with E-state index in [0.29, 0.717) is 5.69 Å². The van der Waals surface area contributed by atoms with E-state index in [1.807, 2.05) is 0 Å². The molecule has 0 unspecified atom stereocenters. The average Bonchev–Trinajstić information content (AvgIpc) is 2.36. The van der Waals surface area contributed by atoms with Crippen LogP contribution < -0.4 is 11.1 Å². The normalized spacial score (nSPS) is 10.3. The number of hydrogen-bond donors (Lipinski definition) is 2. The Morgan fingerprint density at radius 1 is 1.42 bits per heavy atom. The first-order valence-corrected chi connectivity index (χ1v) is 5.83. The van der Waals surface area contributed by atoms with Crippen LogP contribution in [-0.2, 0) is 0 Å². The lowest BCUT2D eigenvalue weighted by atomic mass is 10.1. The van der Waals surface area contributed by atoms with Gasteiger partial charge in [0.25, 0.3) is 5.91 Å². The number of halogens is 2. The third-order valence-corrected chi connectivity index (χ3v) is 2.87. The number of nitrogens with one attached hydrogen (secondary N) is 1. The lowest BCUT2D eigenvalue weighted by Crippen LogP contribution is -2.14. The third kappa shape index (κ3) is 3.00. The molecular weight excluding hydrogens is 269 g/mol. The minimum absolute atomic E-state index is 0.181. The highest BCUT2D eigenvalue weighted by Gasteiger charge is 2.13. The molecule has 1 heterocycles. The Morgan fingerprint density at radius 3 is 2.89 bits per heavy atom. The molecular formula is C13H11ClFN3O. The number of carbonyl (C=O) groups excluding carboxylic acids is 1. The molecule has 1 amide bonds. The summed E-state index contributed by atoms with van der Waals surface area (Å²) in [5, 5.41) is 2.77. The number of amides is 1. The van der Waals surface area contributed by atoms with Crippen LogP contribution in [0.2, 0.25) is 5.02 Å². The highest BCUT2D eigenvalue weighted by atomic mass is 35.5. The van der Waals surface area contributed by atoms with E-state index in [2.05, 4.69) is 10.3 Å². The van der Waals surface area contributed by atoms with E-state index < -0.39 is 11.7 Å². The predicted octanol–water partition coefficient (Wildman–Crippen LogP) is 3.02. The van der Waals surface area contributed by atoms with Gasteiger partial charge in [-0.25, -0.2) is 9.37 Å². The van der Waals surface area contributed by atoms with Crippen molar-refractivity contribution in [2.45, 2.75) is 6.92 Å². The van der Waals surface area contributed by atoms with Crippen LogP contribution in [0.3, 0.4) is 0 Å². The number of benzene rings is 1. The molecule has 0 bridgehead atoms. The second kappa shape index (κ2) is 5.24. The topological polar surface area (TPSA) is 68.0 Å². The van der Waals surface area contributed by atoms with E-state index in [0.717, 1.165) is 5.56 Å². The smallest absolute Gasteiger partial charge is 0.257 e. The highest BCUT2D eigenvalue weighted by Crippen LogP contribution is 2.21. The van der Waals surface area contributed by atoms with Gasteiger partial charge in [-0.3, -0.25) is 4.79 Å². The van der Waals surface area contributed by atoms with Gasteiger partial charge in [0.1, 0.15) is 11.6 Å². The molecule has 0 saturated carbocycles. The SMILES string of the molecule is Cc1ccc(F)cc1NC(=O)c1cc(N)ncc1Cl. The van der Waals surface area contributed by atoms with Crippen LogP contribution in [0.5, 0.6) is 0 Å². The maximum Gasteiger partial charge on any atom is 0.257 e. The predicted molar refractivity (Wildman–Crippen MR) is 72.7 cm³/mol. The van der Waals surface area contributed by atoms with Gasteiger partial charge in [-0.2, -0.15) is 0 Å². The summed E-state index contributed by atoms with van der Waals surface area (Å²) in [4.78, 5) is 15.8. The number of rotatable bonds is 2. The summed E-state index contributed by atoms with van der Waals surface area (Å²) in [6, 6.07) is 5.51. The number of anilines is 2. The fourth-order valence-electron chi connectivity index (χ4n) is 1.55. The van der Waals surface area contributed by atoms with Gasteiger partial charge in [0.2, 0.25) is 0 Å². The quantitative estimate of drug-likeness (QED) is 0.888. The first kappa shape index (κ1) is 13.3. The molecule has 0 fully saturated rings. The van der Waals surface area contributed by atoms with Gasteiger partial charge in [-0.05, 0) is 30.7 Å². The van der Waals surface area contributed by atoms with Gasteiger partial charge in [-0.1, -0.05) is 17.7 Å². The van der Waals surface area contributed by atoms with Crippen LogP contribution in [-0.4, -0.2) is 10.9 Å². The summed E-state index contributed by atoms with van der Waals surface area (Å²) >= 11 is 5.88. The number of nitrogens with two attached hydrogens (primary N) is 1. The van der Waals surface area contributed by atoms with Gasteiger partial charge in [-0.15, -0.1) is 0 Å². The zero-order valence-electron chi connectivity index (χ0n) is 10.1. The Bertz CT molecular complexity index is 646. The fraction of sp³-hybridized carbons (Fsp3) is 0.0769.